The minimum absolute atomic E-state index is 0.0754. The predicted octanol–water partition coefficient (Wildman–Crippen LogP) is 5.72. The highest BCUT2D eigenvalue weighted by atomic mass is 16.6. The second-order valence-corrected chi connectivity index (χ2v) is 8.65. The molecule has 5 rings (SSSR count). The maximum atomic E-state index is 12.9. The Morgan fingerprint density at radius 3 is 2.09 bits per heavy atom. The minimum atomic E-state index is -1.07. The number of carboxylic acid groups (broad SMARTS) is 1. The van der Waals surface area contributed by atoms with Crippen LogP contribution in [-0.4, -0.2) is 41.8 Å². The Morgan fingerprint density at radius 2 is 1.44 bits per heavy atom. The first-order valence-corrected chi connectivity index (χ1v) is 11.3. The summed E-state index contributed by atoms with van der Waals surface area (Å²) in [7, 11) is 1.48. The number of aliphatic carboxylic acids is 1. The van der Waals surface area contributed by atoms with Gasteiger partial charge in [-0.05, 0) is 38.6 Å². The van der Waals surface area contributed by atoms with Crippen molar-refractivity contribution in [2.45, 2.75) is 18.4 Å². The molecule has 0 aromatic heterocycles. The summed E-state index contributed by atoms with van der Waals surface area (Å²) in [5.41, 5.74) is 5.37. The lowest BCUT2D eigenvalue weighted by atomic mass is 9.98. The Bertz CT molecular complexity index is 1330. The van der Waals surface area contributed by atoms with Gasteiger partial charge < -0.3 is 9.84 Å². The number of carboxylic acids is 1. The monoisotopic (exact) mass is 451 g/mol. The molecule has 0 spiro atoms. The fourth-order valence-corrected chi connectivity index (χ4v) is 4.80. The molecule has 0 saturated carbocycles. The molecular weight excluding hydrogens is 426 g/mol. The van der Waals surface area contributed by atoms with E-state index in [1.54, 1.807) is 0 Å². The number of fused-ring (bicyclic) bond motifs is 4. The highest BCUT2D eigenvalue weighted by molar-refractivity contribution is 5.84. The van der Waals surface area contributed by atoms with Crippen LogP contribution in [0.4, 0.5) is 4.79 Å². The van der Waals surface area contributed by atoms with Gasteiger partial charge >= 0.3 is 12.1 Å². The first kappa shape index (κ1) is 21.7. The van der Waals surface area contributed by atoms with Crippen molar-refractivity contribution in [1.29, 1.82) is 0 Å². The molecule has 4 aromatic rings. The van der Waals surface area contributed by atoms with E-state index in [1.165, 1.54) is 11.9 Å². The molecule has 1 aliphatic carbocycles. The largest absolute Gasteiger partial charge is 0.480 e. The normalized spacial score (nSPS) is 13.2. The molecule has 1 N–H and O–H groups in total. The van der Waals surface area contributed by atoms with E-state index >= 15 is 0 Å². The van der Waals surface area contributed by atoms with E-state index in [0.29, 0.717) is 0 Å². The molecule has 0 bridgehead atoms. The first-order valence-electron chi connectivity index (χ1n) is 11.3. The SMILES string of the molecule is CN(C(=O)OCC1c2ccccc2-c2ccccc21)C(Cc1ccc2ccccc2c1)C(=O)O. The molecule has 1 amide bonds. The molecule has 1 atom stereocenters. The zero-order valence-corrected chi connectivity index (χ0v) is 18.8. The van der Waals surface area contributed by atoms with Crippen LogP contribution in [0.2, 0.25) is 0 Å². The van der Waals surface area contributed by atoms with Gasteiger partial charge in [0.25, 0.3) is 0 Å². The third-order valence-corrected chi connectivity index (χ3v) is 6.62. The molecule has 5 nitrogen and oxygen atoms in total. The van der Waals surface area contributed by atoms with E-state index in [2.05, 4.69) is 24.3 Å². The number of carbonyl (C=O) groups is 2. The van der Waals surface area contributed by atoms with Crippen LogP contribution in [0.1, 0.15) is 22.6 Å². The van der Waals surface area contributed by atoms with Gasteiger partial charge in [-0.25, -0.2) is 9.59 Å². The molecule has 1 aliphatic rings. The van der Waals surface area contributed by atoms with Crippen LogP contribution in [0.5, 0.6) is 0 Å². The molecule has 0 radical (unpaired) electrons. The summed E-state index contributed by atoms with van der Waals surface area (Å²) in [5.74, 6) is -1.14. The van der Waals surface area contributed by atoms with Crippen molar-refractivity contribution in [2.75, 3.05) is 13.7 Å². The predicted molar refractivity (Wildman–Crippen MR) is 132 cm³/mol. The van der Waals surface area contributed by atoms with E-state index < -0.39 is 18.1 Å². The van der Waals surface area contributed by atoms with Crippen molar-refractivity contribution in [3.05, 3.63) is 108 Å². The molecule has 0 aliphatic heterocycles. The van der Waals surface area contributed by atoms with Crippen LogP contribution >= 0.6 is 0 Å². The number of ether oxygens (including phenoxy) is 1. The summed E-state index contributed by atoms with van der Waals surface area (Å²) < 4.78 is 5.66. The van der Waals surface area contributed by atoms with Crippen LogP contribution in [0.15, 0.2) is 91.0 Å². The third-order valence-electron chi connectivity index (χ3n) is 6.62. The zero-order valence-electron chi connectivity index (χ0n) is 18.8. The average Bonchev–Trinajstić information content (AvgIpc) is 3.19. The number of rotatable bonds is 6. The van der Waals surface area contributed by atoms with Gasteiger partial charge in [0.2, 0.25) is 0 Å². The van der Waals surface area contributed by atoms with Crippen LogP contribution < -0.4 is 0 Å². The summed E-state index contributed by atoms with van der Waals surface area (Å²) in [6, 6.07) is 29.0. The Labute approximate surface area is 198 Å². The highest BCUT2D eigenvalue weighted by Crippen LogP contribution is 2.44. The van der Waals surface area contributed by atoms with Crippen LogP contribution in [-0.2, 0) is 16.0 Å². The third kappa shape index (κ3) is 4.01. The number of nitrogens with zero attached hydrogens (tertiary/aromatic N) is 1. The lowest BCUT2D eigenvalue weighted by Gasteiger charge is -2.25. The summed E-state index contributed by atoms with van der Waals surface area (Å²) in [6.45, 7) is 0.152. The summed E-state index contributed by atoms with van der Waals surface area (Å²) in [6.07, 6.45) is -0.448. The number of benzene rings is 4. The van der Waals surface area contributed by atoms with E-state index in [9.17, 15) is 14.7 Å². The fourth-order valence-electron chi connectivity index (χ4n) is 4.80. The lowest BCUT2D eigenvalue weighted by molar-refractivity contribution is -0.142. The topological polar surface area (TPSA) is 66.8 Å². The van der Waals surface area contributed by atoms with Gasteiger partial charge in [-0.1, -0.05) is 91.0 Å². The van der Waals surface area contributed by atoms with Gasteiger partial charge in [0.1, 0.15) is 12.6 Å². The molecular formula is C29H25NO4. The maximum absolute atomic E-state index is 12.9. The minimum Gasteiger partial charge on any atom is -0.480 e. The van der Waals surface area contributed by atoms with Crippen molar-refractivity contribution in [3.63, 3.8) is 0 Å². The molecule has 170 valence electrons. The maximum Gasteiger partial charge on any atom is 0.410 e. The molecule has 1 unspecified atom stereocenters. The van der Waals surface area contributed by atoms with E-state index in [-0.39, 0.29) is 18.9 Å². The number of amides is 1. The van der Waals surface area contributed by atoms with E-state index in [1.807, 2.05) is 66.7 Å². The van der Waals surface area contributed by atoms with E-state index in [0.717, 1.165) is 38.6 Å². The van der Waals surface area contributed by atoms with Gasteiger partial charge in [-0.15, -0.1) is 0 Å². The average molecular weight is 452 g/mol. The Kier molecular flexibility index (Phi) is 5.76. The van der Waals surface area contributed by atoms with Gasteiger partial charge in [0.05, 0.1) is 0 Å². The van der Waals surface area contributed by atoms with Gasteiger partial charge in [-0.3, -0.25) is 4.90 Å². The van der Waals surface area contributed by atoms with Gasteiger partial charge in [-0.2, -0.15) is 0 Å². The molecule has 0 fully saturated rings. The van der Waals surface area contributed by atoms with Crippen LogP contribution in [0.3, 0.4) is 0 Å². The molecule has 0 saturated heterocycles. The van der Waals surface area contributed by atoms with Crippen LogP contribution in [0, 0.1) is 0 Å². The van der Waals surface area contributed by atoms with Crippen molar-refractivity contribution in [3.8, 4) is 11.1 Å². The Hall–Kier alpha value is -4.12. The zero-order chi connectivity index (χ0) is 23.7. The number of carbonyl (C=O) groups excluding carboxylic acids is 1. The first-order chi connectivity index (χ1) is 16.5. The standard InChI is InChI=1S/C29H25NO4/c1-30(27(28(31)32)17-19-14-15-20-8-2-3-9-21(20)16-19)29(33)34-18-26-24-12-6-4-10-22(24)23-11-5-7-13-25(23)26/h2-16,26-27H,17-18H2,1H3,(H,31,32). The number of hydrogen-bond acceptors (Lipinski definition) is 3. The van der Waals surface area contributed by atoms with Gasteiger partial charge in [0, 0.05) is 19.4 Å². The van der Waals surface area contributed by atoms with Crippen molar-refractivity contribution < 1.29 is 19.4 Å². The Balaban J connectivity index is 1.31. The summed E-state index contributed by atoms with van der Waals surface area (Å²) >= 11 is 0. The summed E-state index contributed by atoms with van der Waals surface area (Å²) in [5, 5.41) is 12.0. The Morgan fingerprint density at radius 1 is 0.853 bits per heavy atom. The van der Waals surface area contributed by atoms with E-state index in [4.69, 9.17) is 4.74 Å². The molecule has 5 heteroatoms. The second-order valence-electron chi connectivity index (χ2n) is 8.65. The van der Waals surface area contributed by atoms with Crippen molar-refractivity contribution in [2.24, 2.45) is 0 Å². The number of likely N-dealkylation sites (N-methyl/N-ethyl adjacent to an activating group) is 1. The molecule has 0 heterocycles. The smallest absolute Gasteiger partial charge is 0.410 e. The fraction of sp³-hybridized carbons (Fsp3) is 0.172. The molecule has 34 heavy (non-hydrogen) atoms. The van der Waals surface area contributed by atoms with Crippen molar-refractivity contribution in [1.82, 2.24) is 4.90 Å². The van der Waals surface area contributed by atoms with Crippen LogP contribution in [0.25, 0.3) is 21.9 Å². The highest BCUT2D eigenvalue weighted by Gasteiger charge is 2.32. The van der Waals surface area contributed by atoms with Gasteiger partial charge in [0.15, 0.2) is 0 Å². The number of hydrogen-bond donors (Lipinski definition) is 1. The summed E-state index contributed by atoms with van der Waals surface area (Å²) in [4.78, 5) is 26.1. The second kappa shape index (κ2) is 9.02. The molecule has 4 aromatic carbocycles. The quantitative estimate of drug-likeness (QED) is 0.407. The lowest BCUT2D eigenvalue weighted by Crippen LogP contribution is -2.44. The van der Waals surface area contributed by atoms with Crippen molar-refractivity contribution >= 4 is 22.8 Å².